The van der Waals surface area contributed by atoms with Gasteiger partial charge in [-0.25, -0.2) is 4.98 Å². The molecule has 0 radical (unpaired) electrons. The molecular weight excluding hydrogens is 262 g/mol. The van der Waals surface area contributed by atoms with Crippen LogP contribution in [0.4, 0.5) is 0 Å². The van der Waals surface area contributed by atoms with Gasteiger partial charge in [-0.2, -0.15) is 0 Å². The van der Waals surface area contributed by atoms with Crippen molar-refractivity contribution >= 4 is 11.0 Å². The molecular formula is C13H13N3O4. The van der Waals surface area contributed by atoms with Crippen LogP contribution in [0.1, 0.15) is 12.6 Å². The van der Waals surface area contributed by atoms with E-state index in [0.29, 0.717) is 11.0 Å². The van der Waals surface area contributed by atoms with E-state index in [2.05, 4.69) is 15.9 Å². The highest BCUT2D eigenvalue weighted by Gasteiger charge is 2.47. The number of terminal acetylenes is 1. The van der Waals surface area contributed by atoms with E-state index in [1.165, 1.54) is 6.33 Å². The number of fused-ring (bicyclic) bond motifs is 1. The third-order valence-electron chi connectivity index (χ3n) is 3.61. The second-order valence-corrected chi connectivity index (χ2v) is 4.71. The Kier molecular flexibility index (Phi) is 2.87. The fourth-order valence-corrected chi connectivity index (χ4v) is 2.45. The Labute approximate surface area is 113 Å². The first kappa shape index (κ1) is 12.9. The van der Waals surface area contributed by atoms with E-state index in [9.17, 15) is 15.0 Å². The highest BCUT2D eigenvalue weighted by molar-refractivity contribution is 5.74. The Morgan fingerprint density at radius 2 is 2.50 bits per heavy atom. The largest absolute Gasteiger partial charge is 0.392 e. The molecule has 1 aliphatic rings. The molecule has 2 aromatic heterocycles. The predicted molar refractivity (Wildman–Crippen MR) is 69.7 cm³/mol. The van der Waals surface area contributed by atoms with Gasteiger partial charge in [-0.3, -0.25) is 4.79 Å². The van der Waals surface area contributed by atoms with Crippen LogP contribution >= 0.6 is 0 Å². The Morgan fingerprint density at radius 1 is 1.70 bits per heavy atom. The molecule has 3 N–H and O–H groups in total. The van der Waals surface area contributed by atoms with Gasteiger partial charge < -0.3 is 24.5 Å². The standard InChI is InChI=1S/C13H13N3O4/c1-2-13(6-17)9(18)5-10(20-13)16-4-3-8-11(16)14-7-15-12(8)19/h1,3-4,7,9-10,17-18H,5-6H2,(H,14,15,19). The lowest BCUT2D eigenvalue weighted by Gasteiger charge is -2.23. The Hall–Kier alpha value is -2.14. The number of hydrogen-bond acceptors (Lipinski definition) is 5. The number of aliphatic hydroxyl groups excluding tert-OH is 2. The molecule has 104 valence electrons. The van der Waals surface area contributed by atoms with Crippen LogP contribution in [0.2, 0.25) is 0 Å². The van der Waals surface area contributed by atoms with Crippen molar-refractivity contribution < 1.29 is 14.9 Å². The summed E-state index contributed by atoms with van der Waals surface area (Å²) in [5, 5.41) is 19.8. The van der Waals surface area contributed by atoms with Crippen molar-refractivity contribution in [2.24, 2.45) is 0 Å². The maximum atomic E-state index is 11.6. The van der Waals surface area contributed by atoms with Crippen molar-refractivity contribution in [3.8, 4) is 12.3 Å². The zero-order valence-electron chi connectivity index (χ0n) is 10.5. The summed E-state index contributed by atoms with van der Waals surface area (Å²) in [5.74, 6) is 2.30. The van der Waals surface area contributed by atoms with Crippen molar-refractivity contribution in [1.82, 2.24) is 14.5 Å². The van der Waals surface area contributed by atoms with E-state index in [1.807, 2.05) is 0 Å². The smallest absolute Gasteiger partial charge is 0.260 e. The van der Waals surface area contributed by atoms with Crippen LogP contribution in [0, 0.1) is 12.3 Å². The zero-order valence-corrected chi connectivity index (χ0v) is 10.5. The molecule has 0 aliphatic carbocycles. The first-order valence-corrected chi connectivity index (χ1v) is 6.10. The Morgan fingerprint density at radius 3 is 3.15 bits per heavy atom. The first-order valence-electron chi connectivity index (χ1n) is 6.10. The maximum Gasteiger partial charge on any atom is 0.260 e. The number of aromatic amines is 1. The second kappa shape index (κ2) is 4.45. The number of nitrogens with zero attached hydrogens (tertiary/aromatic N) is 2. The molecule has 1 fully saturated rings. The lowest BCUT2D eigenvalue weighted by Crippen LogP contribution is -2.41. The minimum atomic E-state index is -1.41. The van der Waals surface area contributed by atoms with Gasteiger partial charge in [0, 0.05) is 12.6 Å². The van der Waals surface area contributed by atoms with Crippen molar-refractivity contribution in [3.63, 3.8) is 0 Å². The van der Waals surface area contributed by atoms with E-state index >= 15 is 0 Å². The quantitative estimate of drug-likeness (QED) is 0.633. The average molecular weight is 275 g/mol. The molecule has 3 unspecified atom stereocenters. The highest BCUT2D eigenvalue weighted by Crippen LogP contribution is 2.37. The number of nitrogens with one attached hydrogen (secondary N) is 1. The van der Waals surface area contributed by atoms with Gasteiger partial charge in [-0.15, -0.1) is 6.42 Å². The van der Waals surface area contributed by atoms with Gasteiger partial charge in [-0.1, -0.05) is 5.92 Å². The van der Waals surface area contributed by atoms with Crippen molar-refractivity contribution in [3.05, 3.63) is 28.9 Å². The molecule has 0 bridgehead atoms. The Balaban J connectivity index is 2.04. The van der Waals surface area contributed by atoms with Gasteiger partial charge in [0.25, 0.3) is 5.56 Å². The number of hydrogen-bond donors (Lipinski definition) is 3. The van der Waals surface area contributed by atoms with Gasteiger partial charge >= 0.3 is 0 Å². The van der Waals surface area contributed by atoms with Crippen LogP contribution in [0.15, 0.2) is 23.4 Å². The third-order valence-corrected chi connectivity index (χ3v) is 3.61. The van der Waals surface area contributed by atoms with Crippen LogP contribution in [0.5, 0.6) is 0 Å². The van der Waals surface area contributed by atoms with Crippen molar-refractivity contribution in [2.75, 3.05) is 6.61 Å². The third kappa shape index (κ3) is 1.67. The predicted octanol–water partition coefficient (Wildman–Crippen LogP) is -0.631. The molecule has 20 heavy (non-hydrogen) atoms. The molecule has 3 atom stereocenters. The number of ether oxygens (including phenoxy) is 1. The van der Waals surface area contributed by atoms with Gasteiger partial charge in [0.15, 0.2) is 5.60 Å². The van der Waals surface area contributed by atoms with E-state index < -0.39 is 24.5 Å². The van der Waals surface area contributed by atoms with Crippen LogP contribution in [-0.2, 0) is 4.74 Å². The average Bonchev–Trinajstić information content (AvgIpc) is 3.01. The SMILES string of the molecule is C#CC1(CO)OC(n2ccc3c(=O)[nH]cnc32)CC1O. The molecule has 7 nitrogen and oxygen atoms in total. The van der Waals surface area contributed by atoms with E-state index in [1.54, 1.807) is 16.8 Å². The number of aliphatic hydroxyl groups is 2. The minimum Gasteiger partial charge on any atom is -0.392 e. The van der Waals surface area contributed by atoms with Gasteiger partial charge in [0.1, 0.15) is 18.0 Å². The first-order chi connectivity index (χ1) is 9.61. The number of H-pyrrole nitrogens is 1. The van der Waals surface area contributed by atoms with E-state index in [0.717, 1.165) is 0 Å². The molecule has 3 heterocycles. The Bertz CT molecular complexity index is 744. The fourth-order valence-electron chi connectivity index (χ4n) is 2.45. The number of rotatable bonds is 2. The number of aromatic nitrogens is 3. The monoisotopic (exact) mass is 275 g/mol. The topological polar surface area (TPSA) is 100 Å². The summed E-state index contributed by atoms with van der Waals surface area (Å²) in [6, 6.07) is 1.62. The molecule has 0 spiro atoms. The van der Waals surface area contributed by atoms with Crippen molar-refractivity contribution in [1.29, 1.82) is 0 Å². The summed E-state index contributed by atoms with van der Waals surface area (Å²) in [6.45, 7) is -0.478. The highest BCUT2D eigenvalue weighted by atomic mass is 16.6. The fraction of sp³-hybridized carbons (Fsp3) is 0.385. The maximum absolute atomic E-state index is 11.6. The molecule has 7 heteroatoms. The summed E-state index contributed by atoms with van der Waals surface area (Å²) >= 11 is 0. The normalized spacial score (nSPS) is 29.6. The lowest BCUT2D eigenvalue weighted by molar-refractivity contribution is -0.0890. The molecule has 1 aliphatic heterocycles. The molecule has 0 saturated carbocycles. The summed E-state index contributed by atoms with van der Waals surface area (Å²) < 4.78 is 7.25. The molecule has 2 aromatic rings. The lowest BCUT2D eigenvalue weighted by atomic mass is 9.99. The molecule has 3 rings (SSSR count). The summed E-state index contributed by atoms with van der Waals surface area (Å²) in [6.07, 6.45) is 6.94. The summed E-state index contributed by atoms with van der Waals surface area (Å²) in [4.78, 5) is 18.2. The van der Waals surface area contributed by atoms with Gasteiger partial charge in [-0.05, 0) is 6.07 Å². The zero-order chi connectivity index (χ0) is 14.3. The van der Waals surface area contributed by atoms with Crippen LogP contribution in [0.25, 0.3) is 11.0 Å². The van der Waals surface area contributed by atoms with Crippen molar-refractivity contribution in [2.45, 2.75) is 24.4 Å². The minimum absolute atomic E-state index is 0.211. The van der Waals surface area contributed by atoms with Crippen LogP contribution in [0.3, 0.4) is 0 Å². The van der Waals surface area contributed by atoms with Gasteiger partial charge in [0.05, 0.1) is 18.3 Å². The molecule has 0 aromatic carbocycles. The van der Waals surface area contributed by atoms with E-state index in [4.69, 9.17) is 11.2 Å². The summed E-state index contributed by atoms with van der Waals surface area (Å²) in [7, 11) is 0. The van der Waals surface area contributed by atoms with Gasteiger partial charge in [0.2, 0.25) is 0 Å². The molecule has 1 saturated heterocycles. The van der Waals surface area contributed by atoms with Crippen LogP contribution < -0.4 is 5.56 Å². The van der Waals surface area contributed by atoms with E-state index in [-0.39, 0.29) is 12.0 Å². The summed E-state index contributed by atoms with van der Waals surface area (Å²) in [5.41, 5.74) is -1.22. The second-order valence-electron chi connectivity index (χ2n) is 4.71. The molecule has 0 amide bonds. The van der Waals surface area contributed by atoms with Crippen LogP contribution in [-0.4, -0.2) is 43.1 Å².